The van der Waals surface area contributed by atoms with Gasteiger partial charge >= 0.3 is 0 Å². The smallest absolute Gasteiger partial charge is 0.130 e. The fraction of sp³-hybridized carbons (Fsp3) is 0.571. The highest BCUT2D eigenvalue weighted by molar-refractivity contribution is 5.35. The Morgan fingerprint density at radius 3 is 1.73 bits per heavy atom. The van der Waals surface area contributed by atoms with E-state index in [1.807, 2.05) is 19.1 Å². The molecule has 1 rings (SSSR count). The first kappa shape index (κ1) is 12.2. The molecule has 1 aromatic carbocycles. The van der Waals surface area contributed by atoms with Crippen LogP contribution in [0.25, 0.3) is 0 Å². The summed E-state index contributed by atoms with van der Waals surface area (Å²) in [6.45, 7) is 11.7. The highest BCUT2D eigenvalue weighted by Gasteiger charge is 2.22. The molecule has 0 heterocycles. The van der Waals surface area contributed by atoms with Crippen LogP contribution in [-0.4, -0.2) is 0 Å². The molecule has 0 unspecified atom stereocenters. The molecule has 0 fully saturated rings. The Balaban J connectivity index is 3.30. The van der Waals surface area contributed by atoms with Gasteiger partial charge in [-0.15, -0.1) is 0 Å². The average Bonchev–Trinajstić information content (AvgIpc) is 1.99. The van der Waals surface area contributed by atoms with Crippen LogP contribution in [0.5, 0.6) is 0 Å². The van der Waals surface area contributed by atoms with Gasteiger partial charge in [-0.3, -0.25) is 0 Å². The third-order valence-corrected chi connectivity index (χ3v) is 2.63. The fourth-order valence-corrected chi connectivity index (χ4v) is 1.56. The van der Waals surface area contributed by atoms with Crippen molar-refractivity contribution >= 4 is 0 Å². The lowest BCUT2D eigenvalue weighted by Crippen LogP contribution is -2.15. The highest BCUT2D eigenvalue weighted by atomic mass is 19.1. The van der Waals surface area contributed by atoms with Crippen LogP contribution in [0.2, 0.25) is 0 Å². The Morgan fingerprint density at radius 2 is 1.33 bits per heavy atom. The third-order valence-electron chi connectivity index (χ3n) is 2.63. The van der Waals surface area contributed by atoms with Gasteiger partial charge in [-0.1, -0.05) is 44.5 Å². The molecule has 0 aliphatic carbocycles. The van der Waals surface area contributed by atoms with E-state index in [1.54, 1.807) is 13.8 Å². The van der Waals surface area contributed by atoms with Gasteiger partial charge < -0.3 is 0 Å². The topological polar surface area (TPSA) is 0 Å². The van der Waals surface area contributed by atoms with E-state index in [9.17, 15) is 4.39 Å². The van der Waals surface area contributed by atoms with Crippen LogP contribution in [0.15, 0.2) is 18.2 Å². The molecule has 0 aromatic heterocycles. The van der Waals surface area contributed by atoms with Crippen molar-refractivity contribution in [1.82, 2.24) is 0 Å². The zero-order valence-corrected chi connectivity index (χ0v) is 10.6. The molecule has 0 aliphatic rings. The lowest BCUT2D eigenvalue weighted by molar-refractivity contribution is 0.221. The minimum atomic E-state index is -1.26. The normalized spacial score (nSPS) is 13.0. The fourth-order valence-electron chi connectivity index (χ4n) is 1.56. The van der Waals surface area contributed by atoms with Gasteiger partial charge in [0.2, 0.25) is 0 Å². The summed E-state index contributed by atoms with van der Waals surface area (Å²) in [6, 6.07) is 6.04. The molecular formula is C14H21F. The predicted octanol–water partition coefficient (Wildman–Crippen LogP) is 4.50. The van der Waals surface area contributed by atoms with Crippen molar-refractivity contribution in [2.45, 2.75) is 52.6 Å². The Morgan fingerprint density at radius 1 is 0.867 bits per heavy atom. The van der Waals surface area contributed by atoms with Gasteiger partial charge in [0.1, 0.15) is 5.67 Å². The van der Waals surface area contributed by atoms with E-state index in [1.165, 1.54) is 5.56 Å². The molecule has 0 atom stereocenters. The van der Waals surface area contributed by atoms with E-state index in [0.717, 1.165) is 11.1 Å². The van der Waals surface area contributed by atoms with Crippen molar-refractivity contribution in [3.63, 3.8) is 0 Å². The molecule has 0 amide bonds. The van der Waals surface area contributed by atoms with Gasteiger partial charge in [0.25, 0.3) is 0 Å². The van der Waals surface area contributed by atoms with Crippen molar-refractivity contribution in [2.24, 2.45) is 0 Å². The van der Waals surface area contributed by atoms with Crippen molar-refractivity contribution < 1.29 is 4.39 Å². The Hall–Kier alpha value is -0.850. The van der Waals surface area contributed by atoms with Crippen LogP contribution in [-0.2, 0) is 11.1 Å². The Kier molecular flexibility index (Phi) is 2.95. The summed E-state index contributed by atoms with van der Waals surface area (Å²) < 4.78 is 13.9. The van der Waals surface area contributed by atoms with Gasteiger partial charge in [-0.25, -0.2) is 4.39 Å². The molecule has 0 nitrogen and oxygen atoms in total. The van der Waals surface area contributed by atoms with Crippen molar-refractivity contribution in [3.05, 3.63) is 34.9 Å². The monoisotopic (exact) mass is 208 g/mol. The second-order valence-corrected chi connectivity index (χ2v) is 5.81. The molecule has 0 aliphatic heterocycles. The van der Waals surface area contributed by atoms with Crippen LogP contribution >= 0.6 is 0 Å². The minimum absolute atomic E-state index is 0.0754. The first-order chi connectivity index (χ1) is 6.60. The van der Waals surface area contributed by atoms with Gasteiger partial charge in [0.05, 0.1) is 0 Å². The quantitative estimate of drug-likeness (QED) is 0.637. The first-order valence-electron chi connectivity index (χ1n) is 5.42. The number of hydrogen-bond acceptors (Lipinski definition) is 0. The van der Waals surface area contributed by atoms with Gasteiger partial charge in [-0.2, -0.15) is 0 Å². The molecule has 0 N–H and O–H groups in total. The maximum Gasteiger partial charge on any atom is 0.130 e. The Labute approximate surface area is 92.5 Å². The summed E-state index contributed by atoms with van der Waals surface area (Å²) in [5.41, 5.74) is 1.91. The van der Waals surface area contributed by atoms with Crippen molar-refractivity contribution in [3.8, 4) is 0 Å². The summed E-state index contributed by atoms with van der Waals surface area (Å²) in [6.07, 6.45) is 0. The SMILES string of the molecule is Cc1cc(C(C)(C)C)cc(C(C)(C)F)c1. The number of hydrogen-bond donors (Lipinski definition) is 0. The summed E-state index contributed by atoms with van der Waals surface area (Å²) in [7, 11) is 0. The lowest BCUT2D eigenvalue weighted by atomic mass is 9.83. The van der Waals surface area contributed by atoms with E-state index in [2.05, 4.69) is 26.8 Å². The second kappa shape index (κ2) is 3.62. The van der Waals surface area contributed by atoms with Gasteiger partial charge in [0, 0.05) is 0 Å². The number of benzene rings is 1. The molecule has 0 spiro atoms. The number of halogens is 1. The van der Waals surface area contributed by atoms with Crippen molar-refractivity contribution in [1.29, 1.82) is 0 Å². The van der Waals surface area contributed by atoms with E-state index < -0.39 is 5.67 Å². The number of alkyl halides is 1. The molecule has 0 bridgehead atoms. The lowest BCUT2D eigenvalue weighted by Gasteiger charge is -2.23. The number of aryl methyl sites for hydroxylation is 1. The predicted molar refractivity (Wildman–Crippen MR) is 64.0 cm³/mol. The number of rotatable bonds is 1. The maximum atomic E-state index is 13.9. The van der Waals surface area contributed by atoms with E-state index in [-0.39, 0.29) is 5.41 Å². The van der Waals surface area contributed by atoms with E-state index in [0.29, 0.717) is 0 Å². The minimum Gasteiger partial charge on any atom is -0.239 e. The molecule has 15 heavy (non-hydrogen) atoms. The molecule has 0 saturated carbocycles. The summed E-state index contributed by atoms with van der Waals surface area (Å²) >= 11 is 0. The standard InChI is InChI=1S/C14H21F/c1-10-7-11(13(2,3)4)9-12(8-10)14(5,6)15/h7-9H,1-6H3. The molecular weight excluding hydrogens is 187 g/mol. The zero-order valence-electron chi connectivity index (χ0n) is 10.6. The van der Waals surface area contributed by atoms with Gasteiger partial charge in [-0.05, 0) is 37.3 Å². The summed E-state index contributed by atoms with van der Waals surface area (Å²) in [4.78, 5) is 0. The average molecular weight is 208 g/mol. The molecule has 84 valence electrons. The zero-order chi connectivity index (χ0) is 11.9. The highest BCUT2D eigenvalue weighted by Crippen LogP contribution is 2.30. The largest absolute Gasteiger partial charge is 0.239 e. The van der Waals surface area contributed by atoms with Crippen LogP contribution in [0.4, 0.5) is 4.39 Å². The molecule has 0 saturated heterocycles. The van der Waals surface area contributed by atoms with Gasteiger partial charge in [0.15, 0.2) is 0 Å². The van der Waals surface area contributed by atoms with Crippen LogP contribution in [0.3, 0.4) is 0 Å². The molecule has 1 aromatic rings. The summed E-state index contributed by atoms with van der Waals surface area (Å²) in [5, 5.41) is 0. The van der Waals surface area contributed by atoms with E-state index >= 15 is 0 Å². The van der Waals surface area contributed by atoms with Crippen LogP contribution < -0.4 is 0 Å². The third kappa shape index (κ3) is 3.05. The Bertz CT molecular complexity index is 318. The van der Waals surface area contributed by atoms with E-state index in [4.69, 9.17) is 0 Å². The second-order valence-electron chi connectivity index (χ2n) is 5.81. The maximum absolute atomic E-state index is 13.9. The van der Waals surface area contributed by atoms with Crippen molar-refractivity contribution in [2.75, 3.05) is 0 Å². The van der Waals surface area contributed by atoms with Crippen LogP contribution in [0.1, 0.15) is 51.3 Å². The molecule has 1 heteroatoms. The summed E-state index contributed by atoms with van der Waals surface area (Å²) in [5.74, 6) is 0. The van der Waals surface area contributed by atoms with Crippen LogP contribution in [0, 0.1) is 6.92 Å². The first-order valence-corrected chi connectivity index (χ1v) is 5.42. The molecule has 0 radical (unpaired) electrons.